The van der Waals surface area contributed by atoms with E-state index in [1.165, 1.54) is 6.07 Å². The zero-order valence-corrected chi connectivity index (χ0v) is 13.7. The van der Waals surface area contributed by atoms with Crippen molar-refractivity contribution in [3.63, 3.8) is 0 Å². The molecule has 1 heterocycles. The minimum atomic E-state index is -0.643. The number of aromatic nitrogens is 1. The lowest BCUT2D eigenvalue weighted by molar-refractivity contribution is -0.385. The number of pyridine rings is 1. The number of rotatable bonds is 6. The molecule has 1 aromatic heterocycles. The minimum Gasteiger partial charge on any atom is -0.349 e. The van der Waals surface area contributed by atoms with E-state index in [0.717, 1.165) is 35.7 Å². The SMILES string of the molecule is O=C(Cn1cc([N+](=O)[O-])ccc1=O)Nc1cccc(C(=O)NC2CC2)c1. The second-order valence-corrected chi connectivity index (χ2v) is 5.99. The fraction of sp³-hybridized carbons (Fsp3) is 0.235. The van der Waals surface area contributed by atoms with Gasteiger partial charge in [-0.15, -0.1) is 0 Å². The normalized spacial score (nSPS) is 13.1. The van der Waals surface area contributed by atoms with Crippen LogP contribution in [0.3, 0.4) is 0 Å². The largest absolute Gasteiger partial charge is 0.349 e. The Morgan fingerprint density at radius 3 is 2.69 bits per heavy atom. The van der Waals surface area contributed by atoms with E-state index in [9.17, 15) is 24.5 Å². The van der Waals surface area contributed by atoms with Crippen molar-refractivity contribution in [2.24, 2.45) is 0 Å². The van der Waals surface area contributed by atoms with E-state index in [0.29, 0.717) is 11.3 Å². The second-order valence-electron chi connectivity index (χ2n) is 5.99. The average molecular weight is 356 g/mol. The van der Waals surface area contributed by atoms with Gasteiger partial charge in [0.15, 0.2) is 0 Å². The molecule has 9 nitrogen and oxygen atoms in total. The Morgan fingerprint density at radius 2 is 2.00 bits per heavy atom. The van der Waals surface area contributed by atoms with Gasteiger partial charge in [0.25, 0.3) is 17.2 Å². The van der Waals surface area contributed by atoms with Crippen molar-refractivity contribution in [1.82, 2.24) is 9.88 Å². The molecule has 0 aliphatic heterocycles. The number of hydrogen-bond acceptors (Lipinski definition) is 5. The van der Waals surface area contributed by atoms with Crippen LogP contribution < -0.4 is 16.2 Å². The highest BCUT2D eigenvalue weighted by Gasteiger charge is 2.23. The first-order valence-electron chi connectivity index (χ1n) is 7.98. The van der Waals surface area contributed by atoms with E-state index in [1.54, 1.807) is 18.2 Å². The van der Waals surface area contributed by atoms with Gasteiger partial charge in [0, 0.05) is 29.4 Å². The fourth-order valence-corrected chi connectivity index (χ4v) is 2.34. The van der Waals surface area contributed by atoms with Crippen LogP contribution in [0, 0.1) is 10.1 Å². The fourth-order valence-electron chi connectivity index (χ4n) is 2.34. The molecular formula is C17H16N4O5. The van der Waals surface area contributed by atoms with Gasteiger partial charge in [-0.1, -0.05) is 6.07 Å². The maximum atomic E-state index is 12.1. The molecule has 0 atom stereocenters. The molecule has 3 rings (SSSR count). The summed E-state index contributed by atoms with van der Waals surface area (Å²) >= 11 is 0. The van der Waals surface area contributed by atoms with Crippen molar-refractivity contribution in [3.8, 4) is 0 Å². The average Bonchev–Trinajstić information content (AvgIpc) is 3.40. The number of hydrogen-bond donors (Lipinski definition) is 2. The molecule has 2 aromatic rings. The van der Waals surface area contributed by atoms with Crippen molar-refractivity contribution in [3.05, 3.63) is 68.6 Å². The Hall–Kier alpha value is -3.49. The Morgan fingerprint density at radius 1 is 1.23 bits per heavy atom. The van der Waals surface area contributed by atoms with Crippen molar-refractivity contribution >= 4 is 23.2 Å². The van der Waals surface area contributed by atoms with Crippen LogP contribution in [0.2, 0.25) is 0 Å². The Labute approximate surface area is 147 Å². The summed E-state index contributed by atoms with van der Waals surface area (Å²) in [6.45, 7) is -0.376. The van der Waals surface area contributed by atoms with E-state index in [1.807, 2.05) is 0 Å². The quantitative estimate of drug-likeness (QED) is 0.596. The van der Waals surface area contributed by atoms with Gasteiger partial charge in [0.05, 0.1) is 11.1 Å². The molecule has 1 fully saturated rings. The van der Waals surface area contributed by atoms with Gasteiger partial charge in [-0.05, 0) is 31.0 Å². The van der Waals surface area contributed by atoms with Gasteiger partial charge >= 0.3 is 0 Å². The Balaban J connectivity index is 1.68. The highest BCUT2D eigenvalue weighted by Crippen LogP contribution is 2.20. The van der Waals surface area contributed by atoms with E-state index in [4.69, 9.17) is 0 Å². The molecule has 1 saturated carbocycles. The maximum absolute atomic E-state index is 12.1. The summed E-state index contributed by atoms with van der Waals surface area (Å²) in [5.74, 6) is -0.745. The number of nitrogens with one attached hydrogen (secondary N) is 2. The molecule has 0 saturated heterocycles. The van der Waals surface area contributed by atoms with Gasteiger partial charge in [-0.2, -0.15) is 0 Å². The Kier molecular flexibility index (Phi) is 4.78. The third kappa shape index (κ3) is 4.32. The van der Waals surface area contributed by atoms with Crippen LogP contribution >= 0.6 is 0 Å². The zero-order valence-electron chi connectivity index (χ0n) is 13.7. The summed E-state index contributed by atoms with van der Waals surface area (Å²) in [7, 11) is 0. The lowest BCUT2D eigenvalue weighted by atomic mass is 10.2. The molecule has 134 valence electrons. The van der Waals surface area contributed by atoms with Crippen LogP contribution in [0.25, 0.3) is 0 Å². The number of nitrogens with zero attached hydrogens (tertiary/aromatic N) is 2. The molecule has 9 heteroatoms. The van der Waals surface area contributed by atoms with Crippen molar-refractivity contribution in [1.29, 1.82) is 0 Å². The summed E-state index contributed by atoms with van der Waals surface area (Å²) < 4.78 is 0.955. The summed E-state index contributed by atoms with van der Waals surface area (Å²) in [5, 5.41) is 16.2. The molecular weight excluding hydrogens is 340 g/mol. The maximum Gasteiger partial charge on any atom is 0.285 e. The number of nitro groups is 1. The lowest BCUT2D eigenvalue weighted by Crippen LogP contribution is -2.27. The second kappa shape index (κ2) is 7.18. The van der Waals surface area contributed by atoms with Crippen LogP contribution in [-0.2, 0) is 11.3 Å². The van der Waals surface area contributed by atoms with Crippen molar-refractivity contribution < 1.29 is 14.5 Å². The van der Waals surface area contributed by atoms with Crippen LogP contribution in [0.1, 0.15) is 23.2 Å². The molecule has 0 unspecified atom stereocenters. The first-order valence-corrected chi connectivity index (χ1v) is 7.98. The topological polar surface area (TPSA) is 123 Å². The molecule has 2 amide bonds. The molecule has 0 radical (unpaired) electrons. The van der Waals surface area contributed by atoms with Crippen molar-refractivity contribution in [2.45, 2.75) is 25.4 Å². The lowest BCUT2D eigenvalue weighted by Gasteiger charge is -2.09. The van der Waals surface area contributed by atoms with Crippen LogP contribution in [0.15, 0.2) is 47.4 Å². The monoisotopic (exact) mass is 356 g/mol. The molecule has 0 bridgehead atoms. The molecule has 1 aliphatic rings. The van der Waals surface area contributed by atoms with E-state index < -0.39 is 16.4 Å². The van der Waals surface area contributed by atoms with Crippen LogP contribution in [0.4, 0.5) is 11.4 Å². The number of amides is 2. The Bertz CT molecular complexity index is 933. The molecule has 0 spiro atoms. The molecule has 26 heavy (non-hydrogen) atoms. The smallest absolute Gasteiger partial charge is 0.285 e. The predicted molar refractivity (Wildman–Crippen MR) is 92.9 cm³/mol. The van der Waals surface area contributed by atoms with E-state index in [2.05, 4.69) is 10.6 Å². The van der Waals surface area contributed by atoms with Gasteiger partial charge in [0.2, 0.25) is 5.91 Å². The van der Waals surface area contributed by atoms with Crippen LogP contribution in [0.5, 0.6) is 0 Å². The molecule has 1 aromatic carbocycles. The summed E-state index contributed by atoms with van der Waals surface area (Å²) in [6.07, 6.45) is 2.96. The summed E-state index contributed by atoms with van der Waals surface area (Å²) in [6, 6.07) is 8.76. The number of benzene rings is 1. The van der Waals surface area contributed by atoms with Gasteiger partial charge in [-0.3, -0.25) is 29.1 Å². The third-order valence-corrected chi connectivity index (χ3v) is 3.81. The number of carbonyl (C=O) groups is 2. The minimum absolute atomic E-state index is 0.210. The van der Waals surface area contributed by atoms with E-state index >= 15 is 0 Å². The zero-order chi connectivity index (χ0) is 18.7. The summed E-state index contributed by atoms with van der Waals surface area (Å²) in [4.78, 5) is 46.1. The summed E-state index contributed by atoms with van der Waals surface area (Å²) in [5.41, 5.74) is 0.0126. The van der Waals surface area contributed by atoms with Crippen LogP contribution in [-0.4, -0.2) is 27.3 Å². The van der Waals surface area contributed by atoms with Crippen molar-refractivity contribution in [2.75, 3.05) is 5.32 Å². The van der Waals surface area contributed by atoms with Gasteiger partial charge in [-0.25, -0.2) is 0 Å². The third-order valence-electron chi connectivity index (χ3n) is 3.81. The first-order chi connectivity index (χ1) is 12.4. The highest BCUT2D eigenvalue weighted by atomic mass is 16.6. The molecule has 1 aliphatic carbocycles. The predicted octanol–water partition coefficient (Wildman–Crippen LogP) is 1.29. The van der Waals surface area contributed by atoms with Gasteiger partial charge in [0.1, 0.15) is 6.54 Å². The van der Waals surface area contributed by atoms with Gasteiger partial charge < -0.3 is 10.6 Å². The highest BCUT2D eigenvalue weighted by molar-refractivity contribution is 5.97. The standard InChI is InChI=1S/C17H16N4O5/c22-15(10-20-9-14(21(25)26)6-7-16(20)23)18-13-3-1-2-11(8-13)17(24)19-12-4-5-12/h1-3,6-9,12H,4-5,10H2,(H,18,22)(H,19,24). The van der Waals surface area contributed by atoms with E-state index in [-0.39, 0.29) is 24.2 Å². The number of carbonyl (C=O) groups excluding carboxylic acids is 2. The molecule has 2 N–H and O–H groups in total. The number of anilines is 1. The first kappa shape index (κ1) is 17.3.